The minimum Gasteiger partial charge on any atom is -0.379 e. The molecule has 1 amide bonds. The lowest BCUT2D eigenvalue weighted by atomic mass is 10.2. The Hall–Kier alpha value is -3.47. The van der Waals surface area contributed by atoms with Gasteiger partial charge < -0.3 is 20.7 Å². The van der Waals surface area contributed by atoms with E-state index in [-0.39, 0.29) is 17.2 Å². The van der Waals surface area contributed by atoms with Gasteiger partial charge in [-0.25, -0.2) is 4.68 Å². The molecule has 2 heterocycles. The van der Waals surface area contributed by atoms with Crippen LogP contribution in [-0.4, -0.2) is 64.7 Å². The number of hydrogen-bond acceptors (Lipinski definition) is 5. The summed E-state index contributed by atoms with van der Waals surface area (Å²) in [4.78, 5) is 28.4. The zero-order valence-corrected chi connectivity index (χ0v) is 20.7. The first-order chi connectivity index (χ1) is 16.9. The van der Waals surface area contributed by atoms with E-state index in [1.165, 1.54) is 4.68 Å². The number of thiocarbonyl (C=S) groups is 1. The molecule has 4 rings (SSSR count). The summed E-state index contributed by atoms with van der Waals surface area (Å²) in [5, 5.41) is 9.60. The predicted molar refractivity (Wildman–Crippen MR) is 142 cm³/mol. The highest BCUT2D eigenvalue weighted by atomic mass is 32.1. The Kier molecular flexibility index (Phi) is 7.96. The van der Waals surface area contributed by atoms with Gasteiger partial charge in [-0.1, -0.05) is 24.3 Å². The first-order valence-electron chi connectivity index (χ1n) is 11.5. The second-order valence-electron chi connectivity index (χ2n) is 8.31. The summed E-state index contributed by atoms with van der Waals surface area (Å²) in [5.41, 5.74) is 2.45. The average molecular weight is 495 g/mol. The molecule has 9 nitrogen and oxygen atoms in total. The minimum atomic E-state index is -0.370. The number of morpholine rings is 1. The highest BCUT2D eigenvalue weighted by Gasteiger charge is 2.19. The molecule has 0 saturated carbocycles. The zero-order valence-electron chi connectivity index (χ0n) is 19.9. The molecule has 1 aliphatic rings. The maximum Gasteiger partial charge on any atom is 0.295 e. The van der Waals surface area contributed by atoms with Crippen molar-refractivity contribution in [3.63, 3.8) is 0 Å². The van der Waals surface area contributed by atoms with Crippen molar-refractivity contribution in [1.82, 2.24) is 19.6 Å². The van der Waals surface area contributed by atoms with Crippen LogP contribution in [0.2, 0.25) is 0 Å². The largest absolute Gasteiger partial charge is 0.379 e. The third-order valence-corrected chi connectivity index (χ3v) is 6.24. The lowest BCUT2D eigenvalue weighted by Gasteiger charge is -2.26. The third kappa shape index (κ3) is 5.97. The van der Waals surface area contributed by atoms with Crippen molar-refractivity contribution in [2.75, 3.05) is 50.0 Å². The third-order valence-electron chi connectivity index (χ3n) is 5.99. The lowest BCUT2D eigenvalue weighted by Crippen LogP contribution is -2.42. The van der Waals surface area contributed by atoms with Gasteiger partial charge in [-0.15, -0.1) is 0 Å². The topological polar surface area (TPSA) is 92.6 Å². The van der Waals surface area contributed by atoms with E-state index in [1.807, 2.05) is 36.4 Å². The SMILES string of the molecule is Cc1c(NC(=O)c2cccc(NC(=S)NCCN3CCOCC3)c2)c(=O)n(-c2ccccc2)n1C. The van der Waals surface area contributed by atoms with E-state index in [1.54, 1.807) is 36.9 Å². The first kappa shape index (κ1) is 24.6. The van der Waals surface area contributed by atoms with Gasteiger partial charge in [-0.05, 0) is 49.5 Å². The maximum absolute atomic E-state index is 13.1. The van der Waals surface area contributed by atoms with Crippen molar-refractivity contribution in [2.24, 2.45) is 7.05 Å². The number of nitrogens with zero attached hydrogens (tertiary/aromatic N) is 3. The van der Waals surface area contributed by atoms with Crippen molar-refractivity contribution >= 4 is 34.6 Å². The molecule has 0 bridgehead atoms. The van der Waals surface area contributed by atoms with Crippen LogP contribution in [0.3, 0.4) is 0 Å². The number of aromatic nitrogens is 2. The van der Waals surface area contributed by atoms with Crippen molar-refractivity contribution in [1.29, 1.82) is 0 Å². The number of para-hydroxylation sites is 1. The van der Waals surface area contributed by atoms with Crippen LogP contribution in [0.4, 0.5) is 11.4 Å². The highest BCUT2D eigenvalue weighted by Crippen LogP contribution is 2.17. The Morgan fingerprint density at radius 1 is 1.06 bits per heavy atom. The Labute approximate surface area is 209 Å². The number of carbonyl (C=O) groups is 1. The molecule has 10 heteroatoms. The molecular weight excluding hydrogens is 464 g/mol. The molecule has 1 aliphatic heterocycles. The van der Waals surface area contributed by atoms with Crippen molar-refractivity contribution in [3.8, 4) is 5.69 Å². The van der Waals surface area contributed by atoms with E-state index in [2.05, 4.69) is 20.9 Å². The number of ether oxygens (including phenoxy) is 1. The van der Waals surface area contributed by atoms with E-state index in [4.69, 9.17) is 17.0 Å². The number of amides is 1. The van der Waals surface area contributed by atoms with Gasteiger partial charge in [0, 0.05) is 44.5 Å². The van der Waals surface area contributed by atoms with Crippen LogP contribution in [0.25, 0.3) is 5.69 Å². The maximum atomic E-state index is 13.1. The van der Waals surface area contributed by atoms with Gasteiger partial charge in [0.2, 0.25) is 0 Å². The van der Waals surface area contributed by atoms with E-state index in [0.717, 1.165) is 38.5 Å². The molecule has 0 unspecified atom stereocenters. The smallest absolute Gasteiger partial charge is 0.295 e. The fraction of sp³-hybridized carbons (Fsp3) is 0.320. The fourth-order valence-electron chi connectivity index (χ4n) is 3.96. The molecule has 1 saturated heterocycles. The molecule has 3 aromatic rings. The molecule has 3 N–H and O–H groups in total. The van der Waals surface area contributed by atoms with Gasteiger partial charge in [-0.2, -0.15) is 0 Å². The monoisotopic (exact) mass is 494 g/mol. The van der Waals surface area contributed by atoms with Crippen LogP contribution in [0, 0.1) is 6.92 Å². The Balaban J connectivity index is 1.39. The van der Waals surface area contributed by atoms with Crippen LogP contribution in [-0.2, 0) is 11.8 Å². The van der Waals surface area contributed by atoms with E-state index in [9.17, 15) is 9.59 Å². The number of nitrogens with one attached hydrogen (secondary N) is 3. The molecular formula is C25H30N6O3S. The molecule has 1 fully saturated rings. The summed E-state index contributed by atoms with van der Waals surface area (Å²) in [7, 11) is 1.79. The zero-order chi connectivity index (χ0) is 24.8. The van der Waals surface area contributed by atoms with Crippen molar-refractivity contribution in [2.45, 2.75) is 6.92 Å². The van der Waals surface area contributed by atoms with Crippen LogP contribution >= 0.6 is 12.2 Å². The van der Waals surface area contributed by atoms with E-state index < -0.39 is 0 Å². The van der Waals surface area contributed by atoms with Gasteiger partial charge in [0.05, 0.1) is 24.6 Å². The highest BCUT2D eigenvalue weighted by molar-refractivity contribution is 7.80. The summed E-state index contributed by atoms with van der Waals surface area (Å²) in [6.45, 7) is 6.78. The number of hydrogen-bond donors (Lipinski definition) is 3. The second-order valence-corrected chi connectivity index (χ2v) is 8.71. The Morgan fingerprint density at radius 2 is 1.80 bits per heavy atom. The van der Waals surface area contributed by atoms with Crippen LogP contribution < -0.4 is 21.5 Å². The molecule has 35 heavy (non-hydrogen) atoms. The second kappa shape index (κ2) is 11.3. The fourth-order valence-corrected chi connectivity index (χ4v) is 4.18. The standard InChI is InChI=1S/C25H30N6O3S/c1-18-22(24(33)31(29(18)2)21-9-4-3-5-10-21)28-23(32)19-7-6-8-20(17-19)27-25(35)26-11-12-30-13-15-34-16-14-30/h3-10,17H,11-16H2,1-2H3,(H,28,32)(H2,26,27,35). The van der Waals surface area contributed by atoms with E-state index >= 15 is 0 Å². The minimum absolute atomic E-state index is 0.250. The normalized spacial score (nSPS) is 13.9. The number of benzene rings is 2. The van der Waals surface area contributed by atoms with Crippen LogP contribution in [0.15, 0.2) is 59.4 Å². The summed E-state index contributed by atoms with van der Waals surface area (Å²) in [6, 6.07) is 16.3. The Morgan fingerprint density at radius 3 is 2.54 bits per heavy atom. The summed E-state index contributed by atoms with van der Waals surface area (Å²) in [5.74, 6) is -0.370. The van der Waals surface area contributed by atoms with E-state index in [0.29, 0.717) is 28.6 Å². The lowest BCUT2D eigenvalue weighted by molar-refractivity contribution is 0.0389. The summed E-state index contributed by atoms with van der Waals surface area (Å²) >= 11 is 5.40. The predicted octanol–water partition coefficient (Wildman–Crippen LogP) is 2.36. The summed E-state index contributed by atoms with van der Waals surface area (Å²) < 4.78 is 8.62. The molecule has 0 spiro atoms. The van der Waals surface area contributed by atoms with Crippen molar-refractivity contribution in [3.05, 3.63) is 76.2 Å². The van der Waals surface area contributed by atoms with Crippen LogP contribution in [0.5, 0.6) is 0 Å². The molecule has 0 aliphatic carbocycles. The van der Waals surface area contributed by atoms with Gasteiger partial charge >= 0.3 is 0 Å². The number of rotatable bonds is 7. The molecule has 0 atom stereocenters. The molecule has 1 aromatic heterocycles. The number of carbonyl (C=O) groups excluding carboxylic acids is 1. The molecule has 0 radical (unpaired) electrons. The molecule has 184 valence electrons. The van der Waals surface area contributed by atoms with Gasteiger partial charge in [-0.3, -0.25) is 19.2 Å². The quantitative estimate of drug-likeness (QED) is 0.434. The number of anilines is 2. The van der Waals surface area contributed by atoms with Crippen molar-refractivity contribution < 1.29 is 9.53 Å². The van der Waals surface area contributed by atoms with Gasteiger partial charge in [0.1, 0.15) is 5.69 Å². The summed E-state index contributed by atoms with van der Waals surface area (Å²) in [6.07, 6.45) is 0. The van der Waals surface area contributed by atoms with Crippen LogP contribution in [0.1, 0.15) is 16.1 Å². The first-order valence-corrected chi connectivity index (χ1v) is 12.0. The average Bonchev–Trinajstić information content (AvgIpc) is 3.08. The molecule has 2 aromatic carbocycles. The Bertz CT molecular complexity index is 1250. The van der Waals surface area contributed by atoms with Gasteiger partial charge in [0.15, 0.2) is 5.11 Å². The van der Waals surface area contributed by atoms with Gasteiger partial charge in [0.25, 0.3) is 11.5 Å².